The van der Waals surface area contributed by atoms with Crippen molar-refractivity contribution in [1.29, 1.82) is 0 Å². The van der Waals surface area contributed by atoms with Gasteiger partial charge in [0.2, 0.25) is 0 Å². The maximum atomic E-state index is 4.69. The number of anilines is 1. The highest BCUT2D eigenvalue weighted by Crippen LogP contribution is 2.32. The Hall–Kier alpha value is -1.09. The smallest absolute Gasteiger partial charge is 0.186 e. The van der Waals surface area contributed by atoms with E-state index in [1.807, 2.05) is 11.3 Å². The second-order valence-electron chi connectivity index (χ2n) is 4.15. The third kappa shape index (κ3) is 1.51. The van der Waals surface area contributed by atoms with Crippen LogP contribution in [0.2, 0.25) is 0 Å². The highest BCUT2D eigenvalue weighted by atomic mass is 32.1. The number of rotatable bonds is 1. The minimum Gasteiger partial charge on any atom is -0.345 e. The molecule has 1 atom stereocenters. The van der Waals surface area contributed by atoms with Gasteiger partial charge >= 0.3 is 0 Å². The normalized spacial score (nSPS) is 21.4. The van der Waals surface area contributed by atoms with Gasteiger partial charge in [0.05, 0.1) is 10.2 Å². The Bertz CT molecular complexity index is 444. The van der Waals surface area contributed by atoms with Crippen molar-refractivity contribution in [3.05, 3.63) is 24.3 Å². The molecule has 0 radical (unpaired) electrons. The van der Waals surface area contributed by atoms with Crippen LogP contribution < -0.4 is 4.90 Å². The molecular formula is C12H14N2S. The fraction of sp³-hybridized carbons (Fsp3) is 0.417. The number of para-hydroxylation sites is 1. The van der Waals surface area contributed by atoms with Crippen molar-refractivity contribution in [3.8, 4) is 0 Å². The van der Waals surface area contributed by atoms with Gasteiger partial charge in [-0.25, -0.2) is 4.98 Å². The first-order valence-electron chi connectivity index (χ1n) is 5.47. The van der Waals surface area contributed by atoms with Crippen LogP contribution >= 0.6 is 11.3 Å². The predicted molar refractivity (Wildman–Crippen MR) is 65.7 cm³/mol. The summed E-state index contributed by atoms with van der Waals surface area (Å²) in [5.74, 6) is 0. The van der Waals surface area contributed by atoms with Gasteiger partial charge in [0.15, 0.2) is 5.13 Å². The van der Waals surface area contributed by atoms with E-state index in [1.165, 1.54) is 29.2 Å². The fourth-order valence-corrected chi connectivity index (χ4v) is 3.29. The lowest BCUT2D eigenvalue weighted by Crippen LogP contribution is -2.25. The first-order chi connectivity index (χ1) is 7.34. The summed E-state index contributed by atoms with van der Waals surface area (Å²) < 4.78 is 1.30. The van der Waals surface area contributed by atoms with E-state index in [0.717, 1.165) is 5.52 Å². The van der Waals surface area contributed by atoms with Crippen molar-refractivity contribution in [2.24, 2.45) is 0 Å². The standard InChI is InChI=1S/C12H14N2S/c1-9-5-4-8-14(9)12-13-10-6-2-3-7-11(10)15-12/h2-3,6-7,9H,4-5,8H2,1H3. The van der Waals surface area contributed by atoms with Crippen molar-refractivity contribution in [2.75, 3.05) is 11.4 Å². The van der Waals surface area contributed by atoms with Gasteiger partial charge in [-0.15, -0.1) is 0 Å². The molecule has 2 heterocycles. The third-order valence-electron chi connectivity index (χ3n) is 3.08. The largest absolute Gasteiger partial charge is 0.345 e. The van der Waals surface area contributed by atoms with E-state index in [0.29, 0.717) is 6.04 Å². The van der Waals surface area contributed by atoms with E-state index in [2.05, 4.69) is 41.1 Å². The number of fused-ring (bicyclic) bond motifs is 1. The van der Waals surface area contributed by atoms with Crippen LogP contribution in [0.15, 0.2) is 24.3 Å². The van der Waals surface area contributed by atoms with Gasteiger partial charge in [-0.3, -0.25) is 0 Å². The molecule has 0 spiro atoms. The van der Waals surface area contributed by atoms with E-state index in [-0.39, 0.29) is 0 Å². The first-order valence-corrected chi connectivity index (χ1v) is 6.28. The molecule has 1 saturated heterocycles. The summed E-state index contributed by atoms with van der Waals surface area (Å²) in [5.41, 5.74) is 1.14. The Morgan fingerprint density at radius 2 is 2.27 bits per heavy atom. The molecule has 1 aromatic heterocycles. The molecule has 78 valence electrons. The molecule has 1 aliphatic rings. The van der Waals surface area contributed by atoms with Crippen LogP contribution in [0, 0.1) is 0 Å². The van der Waals surface area contributed by atoms with Crippen LogP contribution in [0.25, 0.3) is 10.2 Å². The average Bonchev–Trinajstić information content (AvgIpc) is 2.82. The summed E-state index contributed by atoms with van der Waals surface area (Å²) in [6.07, 6.45) is 2.60. The van der Waals surface area contributed by atoms with Gasteiger partial charge in [-0.1, -0.05) is 23.5 Å². The van der Waals surface area contributed by atoms with Crippen LogP contribution in [0.5, 0.6) is 0 Å². The molecular weight excluding hydrogens is 204 g/mol. The van der Waals surface area contributed by atoms with Crippen LogP contribution in [-0.4, -0.2) is 17.6 Å². The van der Waals surface area contributed by atoms with Gasteiger partial charge in [0.1, 0.15) is 0 Å². The lowest BCUT2D eigenvalue weighted by atomic mass is 10.2. The molecule has 2 nitrogen and oxygen atoms in total. The Balaban J connectivity index is 2.04. The van der Waals surface area contributed by atoms with E-state index in [9.17, 15) is 0 Å². The highest BCUT2D eigenvalue weighted by molar-refractivity contribution is 7.22. The summed E-state index contributed by atoms with van der Waals surface area (Å²) >= 11 is 1.81. The van der Waals surface area contributed by atoms with Crippen molar-refractivity contribution >= 4 is 26.7 Å². The lowest BCUT2D eigenvalue weighted by molar-refractivity contribution is 0.734. The molecule has 0 bridgehead atoms. The second-order valence-corrected chi connectivity index (χ2v) is 5.16. The molecule has 1 aromatic carbocycles. The quantitative estimate of drug-likeness (QED) is 0.730. The zero-order chi connectivity index (χ0) is 10.3. The number of hydrogen-bond acceptors (Lipinski definition) is 3. The fourth-order valence-electron chi connectivity index (χ4n) is 2.20. The zero-order valence-corrected chi connectivity index (χ0v) is 9.63. The SMILES string of the molecule is CC1CCCN1c1nc2ccccc2s1. The molecule has 3 heteroatoms. The molecule has 0 aliphatic carbocycles. The van der Waals surface area contributed by atoms with Crippen molar-refractivity contribution in [3.63, 3.8) is 0 Å². The zero-order valence-electron chi connectivity index (χ0n) is 8.81. The molecule has 0 N–H and O–H groups in total. The number of aromatic nitrogens is 1. The Morgan fingerprint density at radius 1 is 1.40 bits per heavy atom. The van der Waals surface area contributed by atoms with E-state index in [1.54, 1.807) is 0 Å². The van der Waals surface area contributed by atoms with Crippen LogP contribution in [-0.2, 0) is 0 Å². The second kappa shape index (κ2) is 3.49. The predicted octanol–water partition coefficient (Wildman–Crippen LogP) is 3.29. The van der Waals surface area contributed by atoms with Gasteiger partial charge in [0, 0.05) is 12.6 Å². The van der Waals surface area contributed by atoms with Crippen molar-refractivity contribution in [2.45, 2.75) is 25.8 Å². The van der Waals surface area contributed by atoms with Crippen molar-refractivity contribution < 1.29 is 0 Å². The molecule has 1 aliphatic heterocycles. The minimum absolute atomic E-state index is 0.658. The summed E-state index contributed by atoms with van der Waals surface area (Å²) in [6.45, 7) is 3.46. The third-order valence-corrected chi connectivity index (χ3v) is 4.15. The summed E-state index contributed by atoms with van der Waals surface area (Å²) in [7, 11) is 0. The molecule has 15 heavy (non-hydrogen) atoms. The van der Waals surface area contributed by atoms with Crippen LogP contribution in [0.1, 0.15) is 19.8 Å². The van der Waals surface area contributed by atoms with Crippen molar-refractivity contribution in [1.82, 2.24) is 4.98 Å². The molecule has 1 unspecified atom stereocenters. The van der Waals surface area contributed by atoms with Gasteiger partial charge in [-0.2, -0.15) is 0 Å². The first kappa shape index (κ1) is 9.16. The van der Waals surface area contributed by atoms with Gasteiger partial charge in [-0.05, 0) is 31.9 Å². The lowest BCUT2D eigenvalue weighted by Gasteiger charge is -2.19. The number of thiazole rings is 1. The monoisotopic (exact) mass is 218 g/mol. The Labute approximate surface area is 93.6 Å². The summed E-state index contributed by atoms with van der Waals surface area (Å²) in [6, 6.07) is 9.04. The topological polar surface area (TPSA) is 16.1 Å². The maximum Gasteiger partial charge on any atom is 0.186 e. The minimum atomic E-state index is 0.658. The van der Waals surface area contributed by atoms with E-state index >= 15 is 0 Å². The highest BCUT2D eigenvalue weighted by Gasteiger charge is 2.22. The number of hydrogen-bond donors (Lipinski definition) is 0. The molecule has 2 aromatic rings. The molecule has 0 amide bonds. The maximum absolute atomic E-state index is 4.69. The number of benzene rings is 1. The molecule has 1 fully saturated rings. The summed E-state index contributed by atoms with van der Waals surface area (Å²) in [5, 5.41) is 1.20. The van der Waals surface area contributed by atoms with E-state index in [4.69, 9.17) is 0 Å². The summed E-state index contributed by atoms with van der Waals surface area (Å²) in [4.78, 5) is 7.12. The van der Waals surface area contributed by atoms with Gasteiger partial charge in [0.25, 0.3) is 0 Å². The van der Waals surface area contributed by atoms with Gasteiger partial charge < -0.3 is 4.90 Å². The Morgan fingerprint density at radius 3 is 3.00 bits per heavy atom. The molecule has 3 rings (SSSR count). The number of nitrogens with zero attached hydrogens (tertiary/aromatic N) is 2. The van der Waals surface area contributed by atoms with Crippen LogP contribution in [0.4, 0.5) is 5.13 Å². The Kier molecular flexibility index (Phi) is 2.13. The average molecular weight is 218 g/mol. The van der Waals surface area contributed by atoms with Crippen LogP contribution in [0.3, 0.4) is 0 Å². The van der Waals surface area contributed by atoms with E-state index < -0.39 is 0 Å². The molecule has 0 saturated carbocycles.